The average Bonchev–Trinajstić information content (AvgIpc) is 2.53. The fourth-order valence-corrected chi connectivity index (χ4v) is 2.23. The Labute approximate surface area is 99.6 Å². The average molecular weight is 236 g/mol. The van der Waals surface area contributed by atoms with Crippen LogP contribution in [-0.4, -0.2) is 16.7 Å². The number of aromatic hydroxyl groups is 1. The molecule has 0 fully saturated rings. The Morgan fingerprint density at radius 3 is 2.65 bits per heavy atom. The van der Waals surface area contributed by atoms with Crippen LogP contribution < -0.4 is 0 Å². The van der Waals surface area contributed by atoms with Crippen molar-refractivity contribution in [2.24, 2.45) is 11.8 Å². The first-order chi connectivity index (χ1) is 7.91. The van der Waals surface area contributed by atoms with Gasteiger partial charge in [0, 0.05) is 18.8 Å². The maximum absolute atomic E-state index is 12.0. The van der Waals surface area contributed by atoms with Crippen LogP contribution >= 0.6 is 0 Å². The molecule has 1 heterocycles. The summed E-state index contributed by atoms with van der Waals surface area (Å²) in [6.07, 6.45) is 1.00. The fraction of sp³-hybridized carbons (Fsp3) is 0.538. The van der Waals surface area contributed by atoms with Crippen LogP contribution in [0.2, 0.25) is 0 Å². The summed E-state index contributed by atoms with van der Waals surface area (Å²) in [6.45, 7) is 5.42. The molecule has 4 heteroatoms. The molecule has 1 atom stereocenters. The zero-order valence-electron chi connectivity index (χ0n) is 10.2. The van der Waals surface area contributed by atoms with Crippen LogP contribution in [0, 0.1) is 11.8 Å². The summed E-state index contributed by atoms with van der Waals surface area (Å²) < 4.78 is 5.16. The third kappa shape index (κ3) is 1.88. The number of rotatable bonds is 2. The summed E-state index contributed by atoms with van der Waals surface area (Å²) in [7, 11) is 0. The Kier molecular flexibility index (Phi) is 2.81. The number of Topliss-reactive ketones (excluding diaryl/α,β-unsaturated/α-hetero) is 2. The molecule has 1 N–H and O–H groups in total. The Morgan fingerprint density at radius 1 is 1.41 bits per heavy atom. The molecule has 1 aliphatic rings. The van der Waals surface area contributed by atoms with Crippen LogP contribution in [0.15, 0.2) is 4.42 Å². The van der Waals surface area contributed by atoms with Gasteiger partial charge in [-0.3, -0.25) is 9.59 Å². The van der Waals surface area contributed by atoms with Gasteiger partial charge in [0.15, 0.2) is 11.6 Å². The Morgan fingerprint density at radius 2 is 2.06 bits per heavy atom. The Hall–Kier alpha value is -1.58. The molecule has 2 rings (SSSR count). The molecule has 1 aromatic heterocycles. The SMILES string of the molecule is CC1CC(=O)c2c(oc(O)c2C(=O)C(C)C)C1. The Balaban J connectivity index is 2.55. The second-order valence-corrected chi connectivity index (χ2v) is 5.04. The molecule has 0 radical (unpaired) electrons. The van der Waals surface area contributed by atoms with E-state index in [2.05, 4.69) is 0 Å². The summed E-state index contributed by atoms with van der Waals surface area (Å²) in [5.74, 6) is -0.370. The van der Waals surface area contributed by atoms with E-state index in [1.807, 2.05) is 6.92 Å². The minimum absolute atomic E-state index is 0.0758. The van der Waals surface area contributed by atoms with Crippen molar-refractivity contribution in [3.05, 3.63) is 16.9 Å². The molecule has 0 spiro atoms. The highest BCUT2D eigenvalue weighted by molar-refractivity contribution is 6.11. The third-order valence-corrected chi connectivity index (χ3v) is 3.08. The van der Waals surface area contributed by atoms with E-state index in [1.54, 1.807) is 13.8 Å². The van der Waals surface area contributed by atoms with Gasteiger partial charge in [-0.05, 0) is 5.92 Å². The van der Waals surface area contributed by atoms with Gasteiger partial charge >= 0.3 is 0 Å². The lowest BCUT2D eigenvalue weighted by atomic mass is 9.85. The highest BCUT2D eigenvalue weighted by Crippen LogP contribution is 2.36. The summed E-state index contributed by atoms with van der Waals surface area (Å²) in [4.78, 5) is 23.9. The zero-order chi connectivity index (χ0) is 12.7. The quantitative estimate of drug-likeness (QED) is 0.801. The minimum Gasteiger partial charge on any atom is -0.480 e. The molecule has 0 aromatic carbocycles. The monoisotopic (exact) mass is 236 g/mol. The molecule has 0 saturated heterocycles. The molecule has 1 aromatic rings. The van der Waals surface area contributed by atoms with E-state index < -0.39 is 5.95 Å². The summed E-state index contributed by atoms with van der Waals surface area (Å²) in [5, 5.41) is 9.69. The van der Waals surface area contributed by atoms with E-state index >= 15 is 0 Å². The van der Waals surface area contributed by atoms with Crippen molar-refractivity contribution in [2.75, 3.05) is 0 Å². The van der Waals surface area contributed by atoms with E-state index in [0.717, 1.165) is 0 Å². The van der Waals surface area contributed by atoms with Gasteiger partial charge in [0.05, 0.1) is 5.56 Å². The molecule has 1 unspecified atom stereocenters. The van der Waals surface area contributed by atoms with Crippen LogP contribution in [0.1, 0.15) is 53.7 Å². The van der Waals surface area contributed by atoms with E-state index in [4.69, 9.17) is 4.42 Å². The summed E-state index contributed by atoms with van der Waals surface area (Å²) >= 11 is 0. The summed E-state index contributed by atoms with van der Waals surface area (Å²) in [5.41, 5.74) is 0.381. The number of carbonyl (C=O) groups excluding carboxylic acids is 2. The maximum Gasteiger partial charge on any atom is 0.294 e. The van der Waals surface area contributed by atoms with Gasteiger partial charge in [0.1, 0.15) is 11.3 Å². The van der Waals surface area contributed by atoms with Gasteiger partial charge in [0.2, 0.25) is 0 Å². The second-order valence-electron chi connectivity index (χ2n) is 5.04. The van der Waals surface area contributed by atoms with Gasteiger partial charge in [0.25, 0.3) is 5.95 Å². The molecule has 0 amide bonds. The first kappa shape index (κ1) is 11.9. The predicted octanol–water partition coefficient (Wildman–Crippen LogP) is 2.59. The van der Waals surface area contributed by atoms with E-state index in [-0.39, 0.29) is 29.0 Å². The first-order valence-electron chi connectivity index (χ1n) is 5.83. The number of fused-ring (bicyclic) bond motifs is 1. The molecule has 1 aliphatic carbocycles. The lowest BCUT2D eigenvalue weighted by Gasteiger charge is -2.16. The van der Waals surface area contributed by atoms with E-state index in [0.29, 0.717) is 24.2 Å². The van der Waals surface area contributed by atoms with Gasteiger partial charge in [-0.25, -0.2) is 0 Å². The third-order valence-electron chi connectivity index (χ3n) is 3.08. The van der Waals surface area contributed by atoms with Crippen LogP contribution in [0.5, 0.6) is 5.95 Å². The predicted molar refractivity (Wildman–Crippen MR) is 61.4 cm³/mol. The normalized spacial score (nSPS) is 19.5. The smallest absolute Gasteiger partial charge is 0.294 e. The molecule has 4 nitrogen and oxygen atoms in total. The topological polar surface area (TPSA) is 67.5 Å². The molecular formula is C13H16O4. The molecule has 92 valence electrons. The number of hydrogen-bond acceptors (Lipinski definition) is 4. The second kappa shape index (κ2) is 4.02. The van der Waals surface area contributed by atoms with Crippen LogP contribution in [0.3, 0.4) is 0 Å². The number of furan rings is 1. The van der Waals surface area contributed by atoms with E-state index in [9.17, 15) is 14.7 Å². The van der Waals surface area contributed by atoms with Crippen LogP contribution in [0.25, 0.3) is 0 Å². The van der Waals surface area contributed by atoms with Crippen molar-refractivity contribution >= 4 is 11.6 Å². The van der Waals surface area contributed by atoms with Crippen molar-refractivity contribution in [1.29, 1.82) is 0 Å². The van der Waals surface area contributed by atoms with Crippen LogP contribution in [-0.2, 0) is 6.42 Å². The van der Waals surface area contributed by atoms with Gasteiger partial charge in [-0.1, -0.05) is 20.8 Å². The van der Waals surface area contributed by atoms with Crippen molar-refractivity contribution in [3.8, 4) is 5.95 Å². The molecule has 17 heavy (non-hydrogen) atoms. The van der Waals surface area contributed by atoms with E-state index in [1.165, 1.54) is 0 Å². The maximum atomic E-state index is 12.0. The van der Waals surface area contributed by atoms with Gasteiger partial charge < -0.3 is 9.52 Å². The van der Waals surface area contributed by atoms with Gasteiger partial charge in [-0.2, -0.15) is 0 Å². The molecular weight excluding hydrogens is 220 g/mol. The lowest BCUT2D eigenvalue weighted by Crippen LogP contribution is -2.20. The van der Waals surface area contributed by atoms with Crippen LogP contribution in [0.4, 0.5) is 0 Å². The fourth-order valence-electron chi connectivity index (χ4n) is 2.23. The van der Waals surface area contributed by atoms with Crippen molar-refractivity contribution in [3.63, 3.8) is 0 Å². The largest absolute Gasteiger partial charge is 0.480 e. The highest BCUT2D eigenvalue weighted by Gasteiger charge is 2.34. The van der Waals surface area contributed by atoms with Gasteiger partial charge in [-0.15, -0.1) is 0 Å². The lowest BCUT2D eigenvalue weighted by molar-refractivity contribution is 0.0909. The molecule has 0 saturated carbocycles. The zero-order valence-corrected chi connectivity index (χ0v) is 10.2. The molecule has 0 aliphatic heterocycles. The summed E-state index contributed by atoms with van der Waals surface area (Å²) in [6, 6.07) is 0. The first-order valence-corrected chi connectivity index (χ1v) is 5.83. The minimum atomic E-state index is -0.406. The number of carbonyl (C=O) groups is 2. The number of hydrogen-bond donors (Lipinski definition) is 1. The standard InChI is InChI=1S/C13H16O4/c1-6(2)12(15)11-10-8(14)4-7(3)5-9(10)17-13(11)16/h6-7,16H,4-5H2,1-3H3. The molecule has 0 bridgehead atoms. The van der Waals surface area contributed by atoms with Crippen molar-refractivity contribution < 1.29 is 19.1 Å². The highest BCUT2D eigenvalue weighted by atomic mass is 16.5. The van der Waals surface area contributed by atoms with Crippen molar-refractivity contribution in [2.45, 2.75) is 33.6 Å². The Bertz CT molecular complexity index is 482. The number of ketones is 2. The van der Waals surface area contributed by atoms with Crippen molar-refractivity contribution in [1.82, 2.24) is 0 Å².